The monoisotopic (exact) mass is 345 g/mol. The predicted molar refractivity (Wildman–Crippen MR) is 103 cm³/mol. The van der Waals surface area contributed by atoms with Gasteiger partial charge in [0.1, 0.15) is 0 Å². The quantitative estimate of drug-likeness (QED) is 0.760. The van der Waals surface area contributed by atoms with Crippen LogP contribution in [0, 0.1) is 11.3 Å². The number of nitrogens with one attached hydrogen (secondary N) is 3. The van der Waals surface area contributed by atoms with Gasteiger partial charge in [-0.2, -0.15) is 0 Å². The Balaban J connectivity index is 1.85. The van der Waals surface area contributed by atoms with Crippen LogP contribution in [0.4, 0.5) is 11.4 Å². The van der Waals surface area contributed by atoms with Crippen molar-refractivity contribution < 1.29 is 9.59 Å². The summed E-state index contributed by atoms with van der Waals surface area (Å²) in [6.07, 6.45) is 4.71. The van der Waals surface area contributed by atoms with Crippen LogP contribution in [0.15, 0.2) is 24.3 Å². The van der Waals surface area contributed by atoms with Crippen molar-refractivity contribution in [2.24, 2.45) is 11.3 Å². The molecule has 1 aromatic rings. The summed E-state index contributed by atoms with van der Waals surface area (Å²) < 4.78 is 0. The lowest BCUT2D eigenvalue weighted by atomic mass is 9.86. The van der Waals surface area contributed by atoms with Gasteiger partial charge in [-0.15, -0.1) is 0 Å². The van der Waals surface area contributed by atoms with Crippen molar-refractivity contribution in [3.05, 3.63) is 24.3 Å². The average molecular weight is 345 g/mol. The van der Waals surface area contributed by atoms with Gasteiger partial charge in [0.05, 0.1) is 6.54 Å². The molecule has 0 radical (unpaired) electrons. The molecule has 2 atom stereocenters. The molecule has 1 saturated carbocycles. The van der Waals surface area contributed by atoms with Crippen LogP contribution in [0.1, 0.15) is 53.4 Å². The summed E-state index contributed by atoms with van der Waals surface area (Å²) in [4.78, 5) is 24.2. The highest BCUT2D eigenvalue weighted by Gasteiger charge is 2.23. The molecule has 1 aliphatic carbocycles. The molecule has 0 spiro atoms. The van der Waals surface area contributed by atoms with Crippen molar-refractivity contribution in [2.75, 3.05) is 17.2 Å². The average Bonchev–Trinajstić information content (AvgIpc) is 2.55. The van der Waals surface area contributed by atoms with Crippen molar-refractivity contribution in [1.82, 2.24) is 5.32 Å². The van der Waals surface area contributed by atoms with Crippen LogP contribution in [0.2, 0.25) is 0 Å². The number of carbonyl (C=O) groups is 2. The second-order valence-electron chi connectivity index (χ2n) is 8.07. The molecule has 0 aliphatic heterocycles. The smallest absolute Gasteiger partial charge is 0.239 e. The zero-order chi connectivity index (χ0) is 18.4. The van der Waals surface area contributed by atoms with Crippen LogP contribution < -0.4 is 16.0 Å². The maximum atomic E-state index is 12.2. The van der Waals surface area contributed by atoms with Gasteiger partial charge in [0.25, 0.3) is 0 Å². The summed E-state index contributed by atoms with van der Waals surface area (Å²) in [5.74, 6) is 0.533. The Morgan fingerprint density at radius 3 is 2.48 bits per heavy atom. The van der Waals surface area contributed by atoms with E-state index in [2.05, 4.69) is 22.9 Å². The maximum Gasteiger partial charge on any atom is 0.239 e. The summed E-state index contributed by atoms with van der Waals surface area (Å²) in [6.45, 7) is 8.07. The molecule has 2 amide bonds. The van der Waals surface area contributed by atoms with Crippen molar-refractivity contribution in [1.29, 1.82) is 0 Å². The predicted octanol–water partition coefficient (Wildman–Crippen LogP) is 3.78. The van der Waals surface area contributed by atoms with E-state index in [1.807, 2.05) is 45.0 Å². The summed E-state index contributed by atoms with van der Waals surface area (Å²) in [5, 5.41) is 9.17. The molecule has 5 nitrogen and oxygen atoms in total. The van der Waals surface area contributed by atoms with E-state index in [0.29, 0.717) is 12.0 Å². The van der Waals surface area contributed by atoms with E-state index in [1.165, 1.54) is 19.3 Å². The molecule has 0 unspecified atom stereocenters. The molecule has 25 heavy (non-hydrogen) atoms. The minimum atomic E-state index is -0.444. The van der Waals surface area contributed by atoms with Gasteiger partial charge >= 0.3 is 0 Å². The number of hydrogen-bond acceptors (Lipinski definition) is 3. The van der Waals surface area contributed by atoms with Gasteiger partial charge in [-0.05, 0) is 37.0 Å². The largest absolute Gasteiger partial charge is 0.376 e. The molecule has 1 aliphatic rings. The standard InChI is InChI=1S/C20H31N3O2/c1-14-8-5-6-11-17(14)23-18(24)13-21-15-9-7-10-16(12-15)22-19(25)20(2,3)4/h7,9-10,12,14,17,21H,5-6,8,11,13H2,1-4H3,(H,22,25)(H,23,24)/t14-,17+/m1/s1. The van der Waals surface area contributed by atoms with E-state index < -0.39 is 5.41 Å². The van der Waals surface area contributed by atoms with Crippen LogP contribution in [0.3, 0.4) is 0 Å². The van der Waals surface area contributed by atoms with Crippen LogP contribution in [-0.4, -0.2) is 24.4 Å². The Kier molecular flexibility index (Phi) is 6.45. The first kappa shape index (κ1) is 19.3. The molecular formula is C20H31N3O2. The molecule has 0 heterocycles. The first-order chi connectivity index (χ1) is 11.8. The molecule has 0 saturated heterocycles. The first-order valence-electron chi connectivity index (χ1n) is 9.20. The number of benzene rings is 1. The highest BCUT2D eigenvalue weighted by atomic mass is 16.2. The molecule has 5 heteroatoms. The lowest BCUT2D eigenvalue weighted by molar-refractivity contribution is -0.123. The third-order valence-corrected chi connectivity index (χ3v) is 4.71. The molecule has 0 bridgehead atoms. The SMILES string of the molecule is C[C@@H]1CCCC[C@@H]1NC(=O)CNc1cccc(NC(=O)C(C)(C)C)c1. The summed E-state index contributed by atoms with van der Waals surface area (Å²) in [5.41, 5.74) is 1.10. The molecular weight excluding hydrogens is 314 g/mol. The number of amides is 2. The van der Waals surface area contributed by atoms with Crippen molar-refractivity contribution >= 4 is 23.2 Å². The molecule has 0 aromatic heterocycles. The van der Waals surface area contributed by atoms with Gasteiger partial charge < -0.3 is 16.0 Å². The zero-order valence-electron chi connectivity index (χ0n) is 15.8. The van der Waals surface area contributed by atoms with Gasteiger partial charge in [0, 0.05) is 22.8 Å². The lowest BCUT2D eigenvalue weighted by Gasteiger charge is -2.29. The normalized spacial score (nSPS) is 20.6. The maximum absolute atomic E-state index is 12.2. The van der Waals surface area contributed by atoms with Crippen molar-refractivity contribution in [3.63, 3.8) is 0 Å². The topological polar surface area (TPSA) is 70.2 Å². The van der Waals surface area contributed by atoms with Crippen LogP contribution in [-0.2, 0) is 9.59 Å². The van der Waals surface area contributed by atoms with Crippen molar-refractivity contribution in [3.8, 4) is 0 Å². The van der Waals surface area contributed by atoms with Crippen LogP contribution in [0.5, 0.6) is 0 Å². The highest BCUT2D eigenvalue weighted by molar-refractivity contribution is 5.95. The number of rotatable bonds is 5. The van der Waals surface area contributed by atoms with Gasteiger partial charge in [-0.1, -0.05) is 46.6 Å². The van der Waals surface area contributed by atoms with Gasteiger partial charge in [0.2, 0.25) is 11.8 Å². The van der Waals surface area contributed by atoms with E-state index in [9.17, 15) is 9.59 Å². The molecule has 2 rings (SSSR count). The Hall–Kier alpha value is -2.04. The number of anilines is 2. The number of hydrogen-bond donors (Lipinski definition) is 3. The molecule has 138 valence electrons. The summed E-state index contributed by atoms with van der Waals surface area (Å²) >= 11 is 0. The Labute approximate surface area is 151 Å². The summed E-state index contributed by atoms with van der Waals surface area (Å²) in [7, 11) is 0. The fourth-order valence-corrected chi connectivity index (χ4v) is 3.00. The van der Waals surface area contributed by atoms with Crippen LogP contribution in [0.25, 0.3) is 0 Å². The van der Waals surface area contributed by atoms with E-state index in [-0.39, 0.29) is 18.4 Å². The molecule has 1 aromatic carbocycles. The first-order valence-corrected chi connectivity index (χ1v) is 9.20. The fraction of sp³-hybridized carbons (Fsp3) is 0.600. The third kappa shape index (κ3) is 6.07. The van der Waals surface area contributed by atoms with Crippen LogP contribution >= 0.6 is 0 Å². The fourth-order valence-electron chi connectivity index (χ4n) is 3.00. The molecule has 3 N–H and O–H groups in total. The van der Waals surface area contributed by atoms with E-state index in [4.69, 9.17) is 0 Å². The third-order valence-electron chi connectivity index (χ3n) is 4.71. The van der Waals surface area contributed by atoms with Crippen molar-refractivity contribution in [2.45, 2.75) is 59.4 Å². The second-order valence-corrected chi connectivity index (χ2v) is 8.07. The van der Waals surface area contributed by atoms with E-state index in [0.717, 1.165) is 17.8 Å². The minimum absolute atomic E-state index is 0.0166. The van der Waals surface area contributed by atoms with Gasteiger partial charge in [-0.3, -0.25) is 9.59 Å². The zero-order valence-corrected chi connectivity index (χ0v) is 15.8. The van der Waals surface area contributed by atoms with Gasteiger partial charge in [-0.25, -0.2) is 0 Å². The lowest BCUT2D eigenvalue weighted by Crippen LogP contribution is -2.43. The molecule has 1 fully saturated rings. The Bertz CT molecular complexity index is 607. The Morgan fingerprint density at radius 2 is 1.80 bits per heavy atom. The Morgan fingerprint density at radius 1 is 1.12 bits per heavy atom. The highest BCUT2D eigenvalue weighted by Crippen LogP contribution is 2.23. The van der Waals surface area contributed by atoms with E-state index >= 15 is 0 Å². The minimum Gasteiger partial charge on any atom is -0.376 e. The second kappa shape index (κ2) is 8.37. The number of carbonyl (C=O) groups excluding carboxylic acids is 2. The van der Waals surface area contributed by atoms with E-state index in [1.54, 1.807) is 0 Å². The summed E-state index contributed by atoms with van der Waals surface area (Å²) in [6, 6.07) is 7.74. The van der Waals surface area contributed by atoms with Gasteiger partial charge in [0.15, 0.2) is 0 Å².